The smallest absolute Gasteiger partial charge is 0.112 e. The molecule has 6 nitrogen and oxygen atoms in total. The number of aromatic nitrogens is 2. The van der Waals surface area contributed by atoms with Gasteiger partial charge in [-0.3, -0.25) is 0 Å². The van der Waals surface area contributed by atoms with Crippen molar-refractivity contribution in [2.24, 2.45) is 0 Å². The SMILES string of the molecule is CC(C)(C)c1ccc(N2C(c3ccc(C4=CNC([C@@H]5CCCN5)N4)cc3)CCC2c2ccc(-c3cnc[nH]3)cc2)cc1. The average molecular weight is 559 g/mol. The van der Waals surface area contributed by atoms with Crippen LogP contribution < -0.4 is 20.9 Å². The Morgan fingerprint density at radius 3 is 2.02 bits per heavy atom. The molecule has 0 amide bonds. The summed E-state index contributed by atoms with van der Waals surface area (Å²) in [7, 11) is 0. The van der Waals surface area contributed by atoms with Crippen LogP contribution in [0.15, 0.2) is 91.5 Å². The van der Waals surface area contributed by atoms with Gasteiger partial charge >= 0.3 is 0 Å². The third-order valence-electron chi connectivity index (χ3n) is 9.35. The van der Waals surface area contributed by atoms with E-state index in [2.05, 4.69) is 131 Å². The molecule has 2 saturated heterocycles. The zero-order chi connectivity index (χ0) is 28.7. The third kappa shape index (κ3) is 5.20. The van der Waals surface area contributed by atoms with E-state index in [1.807, 2.05) is 6.20 Å². The molecule has 4 N–H and O–H groups in total. The van der Waals surface area contributed by atoms with Crippen LogP contribution in [0.4, 0.5) is 5.69 Å². The number of imidazole rings is 1. The highest BCUT2D eigenvalue weighted by atomic mass is 15.2. The molecule has 0 spiro atoms. The number of nitrogens with zero attached hydrogens (tertiary/aromatic N) is 2. The van der Waals surface area contributed by atoms with E-state index < -0.39 is 0 Å². The lowest BCUT2D eigenvalue weighted by molar-refractivity contribution is 0.429. The quantitative estimate of drug-likeness (QED) is 0.205. The van der Waals surface area contributed by atoms with Gasteiger partial charge in [0.15, 0.2) is 0 Å². The normalized spacial score (nSPS) is 24.0. The maximum Gasteiger partial charge on any atom is 0.112 e. The summed E-state index contributed by atoms with van der Waals surface area (Å²) in [4.78, 5) is 10.1. The van der Waals surface area contributed by atoms with Crippen LogP contribution in [0.1, 0.15) is 80.8 Å². The van der Waals surface area contributed by atoms with E-state index in [-0.39, 0.29) is 11.6 Å². The van der Waals surface area contributed by atoms with Crippen LogP contribution in [-0.2, 0) is 5.41 Å². The van der Waals surface area contributed by atoms with Gasteiger partial charge in [0.1, 0.15) is 6.17 Å². The van der Waals surface area contributed by atoms with Crippen LogP contribution in [0.25, 0.3) is 17.0 Å². The zero-order valence-electron chi connectivity index (χ0n) is 24.9. The molecular weight excluding hydrogens is 516 g/mol. The lowest BCUT2D eigenvalue weighted by Crippen LogP contribution is -2.47. The van der Waals surface area contributed by atoms with Crippen molar-refractivity contribution in [1.82, 2.24) is 25.9 Å². The highest BCUT2D eigenvalue weighted by Crippen LogP contribution is 2.47. The molecule has 3 aliphatic rings. The van der Waals surface area contributed by atoms with Gasteiger partial charge in [0.2, 0.25) is 0 Å². The largest absolute Gasteiger partial charge is 0.368 e. The van der Waals surface area contributed by atoms with Crippen LogP contribution in [0, 0.1) is 0 Å². The number of hydrogen-bond donors (Lipinski definition) is 4. The Balaban J connectivity index is 1.16. The summed E-state index contributed by atoms with van der Waals surface area (Å²) in [5, 5.41) is 10.9. The van der Waals surface area contributed by atoms with Crippen molar-refractivity contribution in [3.63, 3.8) is 0 Å². The fraction of sp³-hybridized carbons (Fsp3) is 0.361. The number of anilines is 1. The Morgan fingerprint density at radius 2 is 1.45 bits per heavy atom. The summed E-state index contributed by atoms with van der Waals surface area (Å²) in [6.45, 7) is 7.95. The van der Waals surface area contributed by atoms with E-state index in [1.165, 1.54) is 46.5 Å². The van der Waals surface area contributed by atoms with Gasteiger partial charge < -0.3 is 25.8 Å². The molecule has 3 unspecified atom stereocenters. The molecule has 4 heterocycles. The van der Waals surface area contributed by atoms with Gasteiger partial charge in [0.25, 0.3) is 0 Å². The first kappa shape index (κ1) is 26.8. The van der Waals surface area contributed by atoms with E-state index in [0.29, 0.717) is 18.1 Å². The van der Waals surface area contributed by atoms with Crippen molar-refractivity contribution >= 4 is 11.4 Å². The zero-order valence-corrected chi connectivity index (χ0v) is 24.9. The topological polar surface area (TPSA) is 68.0 Å². The minimum Gasteiger partial charge on any atom is -0.368 e. The van der Waals surface area contributed by atoms with E-state index in [4.69, 9.17) is 0 Å². The monoisotopic (exact) mass is 558 g/mol. The molecule has 0 aliphatic carbocycles. The summed E-state index contributed by atoms with van der Waals surface area (Å²) < 4.78 is 0. The summed E-state index contributed by atoms with van der Waals surface area (Å²) >= 11 is 0. The van der Waals surface area contributed by atoms with Crippen molar-refractivity contribution < 1.29 is 0 Å². The minimum absolute atomic E-state index is 0.130. The van der Waals surface area contributed by atoms with Crippen LogP contribution in [0.5, 0.6) is 0 Å². The first-order chi connectivity index (χ1) is 20.4. The van der Waals surface area contributed by atoms with Gasteiger partial charge in [-0.2, -0.15) is 0 Å². The van der Waals surface area contributed by atoms with E-state index in [1.54, 1.807) is 6.33 Å². The van der Waals surface area contributed by atoms with Gasteiger partial charge in [0, 0.05) is 17.9 Å². The fourth-order valence-corrected chi connectivity index (χ4v) is 6.95. The van der Waals surface area contributed by atoms with Crippen LogP contribution in [-0.4, -0.2) is 28.7 Å². The number of rotatable bonds is 6. The maximum atomic E-state index is 4.19. The van der Waals surface area contributed by atoms with Crippen LogP contribution in [0.3, 0.4) is 0 Å². The Bertz CT molecular complexity index is 1510. The van der Waals surface area contributed by atoms with Crippen LogP contribution >= 0.6 is 0 Å². The molecule has 3 aromatic carbocycles. The number of nitrogens with one attached hydrogen (secondary N) is 4. The molecule has 4 aromatic rings. The molecule has 6 heteroatoms. The van der Waals surface area contributed by atoms with Gasteiger partial charge in [-0.15, -0.1) is 0 Å². The first-order valence-electron chi connectivity index (χ1n) is 15.5. The second kappa shape index (κ2) is 11.0. The summed E-state index contributed by atoms with van der Waals surface area (Å²) in [6.07, 6.45) is 10.7. The molecule has 1 aromatic heterocycles. The highest BCUT2D eigenvalue weighted by molar-refractivity contribution is 5.66. The van der Waals surface area contributed by atoms with Gasteiger partial charge in [-0.1, -0.05) is 81.4 Å². The standard InChI is InChI=1S/C36H42N6/c1-36(2,3)28-14-16-29(17-15-28)42-33(26-10-6-24(7-11-26)31-21-37-23-40-31)18-19-34(42)27-12-8-25(9-13-27)32-22-39-35(41-32)30-5-4-20-38-30/h6-17,21-23,30,33-35,38-39,41H,4-5,18-20H2,1-3H3,(H,37,40)/t30-,33?,34?,35?/m0/s1. The lowest BCUT2D eigenvalue weighted by Gasteiger charge is -2.34. The second-order valence-corrected chi connectivity index (χ2v) is 13.1. The molecular formula is C36H42N6. The summed E-state index contributed by atoms with van der Waals surface area (Å²) in [6, 6.07) is 28.7. The molecule has 7 rings (SSSR count). The van der Waals surface area contributed by atoms with E-state index in [9.17, 15) is 0 Å². The van der Waals surface area contributed by atoms with Gasteiger partial charge in [0.05, 0.1) is 36.0 Å². The number of benzene rings is 3. The van der Waals surface area contributed by atoms with Crippen molar-refractivity contribution in [3.05, 3.63) is 114 Å². The minimum atomic E-state index is 0.130. The molecule has 0 saturated carbocycles. The molecule has 42 heavy (non-hydrogen) atoms. The van der Waals surface area contributed by atoms with Gasteiger partial charge in [-0.05, 0) is 77.6 Å². The lowest BCUT2D eigenvalue weighted by atomic mass is 9.87. The highest BCUT2D eigenvalue weighted by Gasteiger charge is 2.36. The first-order valence-corrected chi connectivity index (χ1v) is 15.5. The van der Waals surface area contributed by atoms with Crippen molar-refractivity contribution in [1.29, 1.82) is 0 Å². The molecule has 2 fully saturated rings. The summed E-state index contributed by atoms with van der Waals surface area (Å²) in [5.74, 6) is 0. The fourth-order valence-electron chi connectivity index (χ4n) is 6.95. The predicted molar refractivity (Wildman–Crippen MR) is 172 cm³/mol. The Morgan fingerprint density at radius 1 is 0.786 bits per heavy atom. The van der Waals surface area contributed by atoms with Crippen molar-refractivity contribution in [2.75, 3.05) is 11.4 Å². The average Bonchev–Trinajstić information content (AvgIpc) is 3.84. The maximum absolute atomic E-state index is 4.19. The Kier molecular flexibility index (Phi) is 7.02. The van der Waals surface area contributed by atoms with E-state index in [0.717, 1.165) is 30.6 Å². The summed E-state index contributed by atoms with van der Waals surface area (Å²) in [5.41, 5.74) is 10.1. The van der Waals surface area contributed by atoms with Crippen molar-refractivity contribution in [2.45, 2.75) is 76.2 Å². The van der Waals surface area contributed by atoms with E-state index >= 15 is 0 Å². The van der Waals surface area contributed by atoms with Crippen LogP contribution in [0.2, 0.25) is 0 Å². The number of hydrogen-bond acceptors (Lipinski definition) is 5. The Labute approximate surface area is 249 Å². The molecule has 216 valence electrons. The van der Waals surface area contributed by atoms with Crippen molar-refractivity contribution in [3.8, 4) is 11.3 Å². The number of aromatic amines is 1. The predicted octanol–water partition coefficient (Wildman–Crippen LogP) is 7.03. The molecule has 3 aliphatic heterocycles. The second-order valence-electron chi connectivity index (χ2n) is 13.1. The molecule has 0 bridgehead atoms. The third-order valence-corrected chi connectivity index (χ3v) is 9.35. The van der Waals surface area contributed by atoms with Gasteiger partial charge in [-0.25, -0.2) is 4.98 Å². The molecule has 0 radical (unpaired) electrons. The Hall–Kier alpha value is -4.03. The molecule has 4 atom stereocenters. The number of H-pyrrole nitrogens is 1.